The van der Waals surface area contributed by atoms with Gasteiger partial charge >= 0.3 is 5.97 Å². The predicted molar refractivity (Wildman–Crippen MR) is 84.2 cm³/mol. The van der Waals surface area contributed by atoms with Gasteiger partial charge < -0.3 is 15.4 Å². The average Bonchev–Trinajstić information content (AvgIpc) is 2.80. The van der Waals surface area contributed by atoms with Crippen LogP contribution in [0.2, 0.25) is 0 Å². The van der Waals surface area contributed by atoms with Crippen molar-refractivity contribution in [3.05, 3.63) is 34.4 Å². The number of fused-ring (bicyclic) bond motifs is 1. The number of halogens is 1. The molecule has 112 valence electrons. The molecule has 1 aromatic carbocycles. The SMILES string of the molecule is CCCC(=O)NC(Cc1c[nH]c2ccc(Br)cc12)C(=O)O. The van der Waals surface area contributed by atoms with Crippen LogP contribution in [0.3, 0.4) is 0 Å². The number of carbonyl (C=O) groups is 2. The molecule has 0 saturated carbocycles. The number of nitrogens with one attached hydrogen (secondary N) is 2. The number of carboxylic acids is 1. The molecule has 0 radical (unpaired) electrons. The van der Waals surface area contributed by atoms with E-state index in [1.54, 1.807) is 6.20 Å². The summed E-state index contributed by atoms with van der Waals surface area (Å²) in [4.78, 5) is 26.1. The van der Waals surface area contributed by atoms with E-state index in [4.69, 9.17) is 0 Å². The van der Waals surface area contributed by atoms with Crippen molar-refractivity contribution in [3.63, 3.8) is 0 Å². The molecule has 2 aromatic rings. The first kappa shape index (κ1) is 15.6. The highest BCUT2D eigenvalue weighted by atomic mass is 79.9. The third kappa shape index (κ3) is 3.85. The fraction of sp³-hybridized carbons (Fsp3) is 0.333. The van der Waals surface area contributed by atoms with Crippen LogP contribution in [0, 0.1) is 0 Å². The van der Waals surface area contributed by atoms with Gasteiger partial charge in [0.25, 0.3) is 0 Å². The van der Waals surface area contributed by atoms with Crippen molar-refractivity contribution in [1.82, 2.24) is 10.3 Å². The number of aromatic nitrogens is 1. The second-order valence-corrected chi connectivity index (χ2v) is 5.83. The maximum absolute atomic E-state index is 11.6. The lowest BCUT2D eigenvalue weighted by atomic mass is 10.0. The van der Waals surface area contributed by atoms with E-state index >= 15 is 0 Å². The van der Waals surface area contributed by atoms with Crippen LogP contribution in [-0.4, -0.2) is 28.0 Å². The van der Waals surface area contributed by atoms with Crippen LogP contribution in [0.25, 0.3) is 10.9 Å². The van der Waals surface area contributed by atoms with Crippen LogP contribution >= 0.6 is 15.9 Å². The van der Waals surface area contributed by atoms with E-state index in [-0.39, 0.29) is 12.3 Å². The number of hydrogen-bond donors (Lipinski definition) is 3. The molecule has 0 spiro atoms. The zero-order valence-corrected chi connectivity index (χ0v) is 13.2. The molecule has 1 aromatic heterocycles. The molecule has 1 amide bonds. The summed E-state index contributed by atoms with van der Waals surface area (Å²) in [5.41, 5.74) is 1.81. The van der Waals surface area contributed by atoms with Gasteiger partial charge in [0.2, 0.25) is 5.91 Å². The lowest BCUT2D eigenvalue weighted by Crippen LogP contribution is -2.42. The molecule has 0 saturated heterocycles. The Bertz CT molecular complexity index is 666. The highest BCUT2D eigenvalue weighted by Gasteiger charge is 2.21. The minimum Gasteiger partial charge on any atom is -0.480 e. The second kappa shape index (κ2) is 6.76. The van der Waals surface area contributed by atoms with Crippen molar-refractivity contribution >= 4 is 38.7 Å². The molecule has 6 heteroatoms. The Morgan fingerprint density at radius 3 is 2.86 bits per heavy atom. The van der Waals surface area contributed by atoms with Gasteiger partial charge in [0.15, 0.2) is 0 Å². The number of hydrogen-bond acceptors (Lipinski definition) is 2. The third-order valence-electron chi connectivity index (χ3n) is 3.26. The van der Waals surface area contributed by atoms with Gasteiger partial charge in [0.05, 0.1) is 0 Å². The van der Waals surface area contributed by atoms with Gasteiger partial charge in [-0.3, -0.25) is 4.79 Å². The lowest BCUT2D eigenvalue weighted by Gasteiger charge is -2.14. The summed E-state index contributed by atoms with van der Waals surface area (Å²) in [7, 11) is 0. The quantitative estimate of drug-likeness (QED) is 0.747. The van der Waals surface area contributed by atoms with Crippen molar-refractivity contribution in [1.29, 1.82) is 0 Å². The van der Waals surface area contributed by atoms with Gasteiger partial charge in [-0.2, -0.15) is 0 Å². The van der Waals surface area contributed by atoms with E-state index in [1.165, 1.54) is 0 Å². The Labute approximate surface area is 130 Å². The number of rotatable bonds is 6. The fourth-order valence-electron chi connectivity index (χ4n) is 2.23. The van der Waals surface area contributed by atoms with Crippen LogP contribution < -0.4 is 5.32 Å². The zero-order valence-electron chi connectivity index (χ0n) is 11.6. The summed E-state index contributed by atoms with van der Waals surface area (Å²) < 4.78 is 0.928. The number of aliphatic carboxylic acids is 1. The predicted octanol–water partition coefficient (Wildman–Crippen LogP) is 2.84. The molecule has 0 aliphatic rings. The number of amides is 1. The zero-order chi connectivity index (χ0) is 15.4. The molecule has 1 unspecified atom stereocenters. The number of carbonyl (C=O) groups excluding carboxylic acids is 1. The molecule has 21 heavy (non-hydrogen) atoms. The van der Waals surface area contributed by atoms with E-state index < -0.39 is 12.0 Å². The van der Waals surface area contributed by atoms with Gasteiger partial charge in [-0.25, -0.2) is 4.79 Å². The smallest absolute Gasteiger partial charge is 0.326 e. The van der Waals surface area contributed by atoms with Gasteiger partial charge in [-0.05, 0) is 30.2 Å². The van der Waals surface area contributed by atoms with Gasteiger partial charge in [0, 0.05) is 34.4 Å². The Balaban J connectivity index is 2.20. The van der Waals surface area contributed by atoms with Crippen molar-refractivity contribution in [2.75, 3.05) is 0 Å². The Morgan fingerprint density at radius 1 is 1.43 bits per heavy atom. The molecule has 3 N–H and O–H groups in total. The molecule has 1 atom stereocenters. The first-order valence-corrected chi connectivity index (χ1v) is 7.58. The number of benzene rings is 1. The summed E-state index contributed by atoms with van der Waals surface area (Å²) in [5, 5.41) is 12.8. The average molecular weight is 353 g/mol. The highest BCUT2D eigenvalue weighted by molar-refractivity contribution is 9.10. The van der Waals surface area contributed by atoms with Crippen LogP contribution in [0.5, 0.6) is 0 Å². The van der Waals surface area contributed by atoms with Gasteiger partial charge in [-0.15, -0.1) is 0 Å². The topological polar surface area (TPSA) is 82.2 Å². The molecule has 5 nitrogen and oxygen atoms in total. The van der Waals surface area contributed by atoms with Gasteiger partial charge in [-0.1, -0.05) is 22.9 Å². The number of H-pyrrole nitrogens is 1. The Kier molecular flexibility index (Phi) is 5.01. The third-order valence-corrected chi connectivity index (χ3v) is 3.76. The maximum atomic E-state index is 11.6. The van der Waals surface area contributed by atoms with Crippen molar-refractivity contribution < 1.29 is 14.7 Å². The Morgan fingerprint density at radius 2 is 2.19 bits per heavy atom. The van der Waals surface area contributed by atoms with Crippen LogP contribution in [-0.2, 0) is 16.0 Å². The number of aromatic amines is 1. The van der Waals surface area contributed by atoms with E-state index in [1.807, 2.05) is 25.1 Å². The lowest BCUT2D eigenvalue weighted by molar-refractivity contribution is -0.141. The maximum Gasteiger partial charge on any atom is 0.326 e. The molecule has 2 rings (SSSR count). The summed E-state index contributed by atoms with van der Waals surface area (Å²) in [6.45, 7) is 1.88. The largest absolute Gasteiger partial charge is 0.480 e. The first-order chi connectivity index (χ1) is 10.0. The first-order valence-electron chi connectivity index (χ1n) is 6.79. The molecule has 0 bridgehead atoms. The normalized spacial score (nSPS) is 12.3. The number of carboxylic acid groups (broad SMARTS) is 1. The molecular weight excluding hydrogens is 336 g/mol. The second-order valence-electron chi connectivity index (χ2n) is 4.92. The molecular formula is C15H17BrN2O3. The van der Waals surface area contributed by atoms with Crippen molar-refractivity contribution in [2.45, 2.75) is 32.2 Å². The molecule has 0 aliphatic carbocycles. The van der Waals surface area contributed by atoms with Crippen LogP contribution in [0.1, 0.15) is 25.3 Å². The van der Waals surface area contributed by atoms with Crippen LogP contribution in [0.15, 0.2) is 28.9 Å². The summed E-state index contributed by atoms with van der Waals surface area (Å²) in [6, 6.07) is 4.87. The molecule has 0 aliphatic heterocycles. The van der Waals surface area contributed by atoms with Crippen molar-refractivity contribution in [2.24, 2.45) is 0 Å². The Hall–Kier alpha value is -1.82. The monoisotopic (exact) mass is 352 g/mol. The van der Waals surface area contributed by atoms with E-state index in [2.05, 4.69) is 26.2 Å². The highest BCUT2D eigenvalue weighted by Crippen LogP contribution is 2.23. The van der Waals surface area contributed by atoms with Crippen LogP contribution in [0.4, 0.5) is 0 Å². The van der Waals surface area contributed by atoms with Gasteiger partial charge in [0.1, 0.15) is 6.04 Å². The minimum absolute atomic E-state index is 0.231. The standard InChI is InChI=1S/C15H17BrN2O3/c1-2-3-14(19)18-13(15(20)21)6-9-8-17-12-5-4-10(16)7-11(9)12/h4-5,7-8,13,17H,2-3,6H2,1H3,(H,18,19)(H,20,21). The molecule has 0 fully saturated rings. The van der Waals surface area contributed by atoms with Crippen molar-refractivity contribution in [3.8, 4) is 0 Å². The molecule has 1 heterocycles. The van der Waals surface area contributed by atoms with E-state index in [0.717, 1.165) is 20.9 Å². The van der Waals surface area contributed by atoms with E-state index in [9.17, 15) is 14.7 Å². The summed E-state index contributed by atoms with van der Waals surface area (Å²) in [6.07, 6.45) is 3.07. The minimum atomic E-state index is -1.02. The van der Waals surface area contributed by atoms with E-state index in [0.29, 0.717) is 12.8 Å². The fourth-order valence-corrected chi connectivity index (χ4v) is 2.59. The summed E-state index contributed by atoms with van der Waals surface area (Å²) in [5.74, 6) is -1.25. The summed E-state index contributed by atoms with van der Waals surface area (Å²) >= 11 is 3.41.